The van der Waals surface area contributed by atoms with E-state index in [1.165, 1.54) is 31.2 Å². The first-order chi connectivity index (χ1) is 13.9. The average Bonchev–Trinajstić information content (AvgIpc) is 2.69. The summed E-state index contributed by atoms with van der Waals surface area (Å²) < 4.78 is 13.3. The van der Waals surface area contributed by atoms with E-state index in [9.17, 15) is 18.8 Å². The monoisotopic (exact) mass is 391 g/mol. The maximum atomic E-state index is 13.3. The average molecular weight is 391 g/mol. The third-order valence-electron chi connectivity index (χ3n) is 3.93. The van der Waals surface area contributed by atoms with Gasteiger partial charge < -0.3 is 16.0 Å². The zero-order valence-electron chi connectivity index (χ0n) is 15.5. The molecule has 0 bridgehead atoms. The summed E-state index contributed by atoms with van der Waals surface area (Å²) >= 11 is 0. The van der Waals surface area contributed by atoms with Gasteiger partial charge in [0.1, 0.15) is 5.82 Å². The molecule has 3 aromatic carbocycles. The highest BCUT2D eigenvalue weighted by molar-refractivity contribution is 6.08. The topological polar surface area (TPSA) is 87.3 Å². The van der Waals surface area contributed by atoms with Crippen LogP contribution in [0.4, 0.5) is 21.5 Å². The number of halogens is 1. The van der Waals surface area contributed by atoms with E-state index in [2.05, 4.69) is 16.0 Å². The van der Waals surface area contributed by atoms with Gasteiger partial charge in [-0.25, -0.2) is 4.39 Å². The molecule has 146 valence electrons. The van der Waals surface area contributed by atoms with Crippen molar-refractivity contribution in [2.75, 3.05) is 16.0 Å². The number of rotatable bonds is 5. The minimum Gasteiger partial charge on any atom is -0.326 e. The van der Waals surface area contributed by atoms with Crippen molar-refractivity contribution in [3.8, 4) is 0 Å². The lowest BCUT2D eigenvalue weighted by Gasteiger charge is -2.09. The van der Waals surface area contributed by atoms with Gasteiger partial charge in [0.2, 0.25) is 5.91 Å². The van der Waals surface area contributed by atoms with Crippen LogP contribution in [0.5, 0.6) is 0 Å². The zero-order valence-corrected chi connectivity index (χ0v) is 15.5. The number of amides is 3. The summed E-state index contributed by atoms with van der Waals surface area (Å²) in [7, 11) is 0. The molecule has 0 saturated heterocycles. The van der Waals surface area contributed by atoms with Gasteiger partial charge in [-0.3, -0.25) is 14.4 Å². The molecule has 3 rings (SSSR count). The Kier molecular flexibility index (Phi) is 5.99. The Hall–Kier alpha value is -4.00. The molecule has 0 spiro atoms. The lowest BCUT2D eigenvalue weighted by atomic mass is 10.1. The van der Waals surface area contributed by atoms with E-state index in [1.807, 2.05) is 0 Å². The molecule has 3 N–H and O–H groups in total. The highest BCUT2D eigenvalue weighted by atomic mass is 19.1. The van der Waals surface area contributed by atoms with Gasteiger partial charge in [-0.2, -0.15) is 0 Å². The van der Waals surface area contributed by atoms with Crippen molar-refractivity contribution in [2.45, 2.75) is 6.92 Å². The van der Waals surface area contributed by atoms with Crippen LogP contribution in [-0.4, -0.2) is 17.7 Å². The molecule has 0 aliphatic heterocycles. The molecular formula is C22H18FN3O3. The van der Waals surface area contributed by atoms with Crippen molar-refractivity contribution in [1.82, 2.24) is 0 Å². The second-order valence-electron chi connectivity index (χ2n) is 6.26. The Morgan fingerprint density at radius 1 is 0.655 bits per heavy atom. The van der Waals surface area contributed by atoms with Crippen LogP contribution in [0, 0.1) is 5.82 Å². The fourth-order valence-corrected chi connectivity index (χ4v) is 2.61. The van der Waals surface area contributed by atoms with Crippen LogP contribution in [0.3, 0.4) is 0 Å². The molecule has 6 nitrogen and oxygen atoms in total. The molecule has 3 amide bonds. The lowest BCUT2D eigenvalue weighted by Crippen LogP contribution is -2.15. The number of hydrogen-bond donors (Lipinski definition) is 3. The van der Waals surface area contributed by atoms with Gasteiger partial charge in [0.15, 0.2) is 0 Å². The number of anilines is 3. The van der Waals surface area contributed by atoms with Crippen LogP contribution in [0.2, 0.25) is 0 Å². The van der Waals surface area contributed by atoms with E-state index < -0.39 is 17.6 Å². The largest absolute Gasteiger partial charge is 0.326 e. The summed E-state index contributed by atoms with van der Waals surface area (Å²) in [6.07, 6.45) is 0. The summed E-state index contributed by atoms with van der Waals surface area (Å²) in [6, 6.07) is 18.4. The van der Waals surface area contributed by atoms with Gasteiger partial charge in [0.05, 0.1) is 0 Å². The van der Waals surface area contributed by atoms with Gasteiger partial charge in [-0.15, -0.1) is 0 Å². The Morgan fingerprint density at radius 2 is 1.17 bits per heavy atom. The number of hydrogen-bond acceptors (Lipinski definition) is 3. The summed E-state index contributed by atoms with van der Waals surface area (Å²) in [6.45, 7) is 1.41. The van der Waals surface area contributed by atoms with E-state index in [1.54, 1.807) is 48.5 Å². The summed E-state index contributed by atoms with van der Waals surface area (Å²) in [5, 5.41) is 7.96. The molecule has 0 aliphatic rings. The molecule has 0 heterocycles. The Labute approximate surface area is 166 Å². The van der Waals surface area contributed by atoms with Crippen molar-refractivity contribution < 1.29 is 18.8 Å². The van der Waals surface area contributed by atoms with Crippen LogP contribution in [-0.2, 0) is 4.79 Å². The van der Waals surface area contributed by atoms with Crippen molar-refractivity contribution in [3.05, 3.63) is 89.7 Å². The standard InChI is InChI=1S/C22H18FN3O3/c1-14(27)24-18-8-10-19(11-9-18)25-21(28)15-4-2-5-16(12-15)22(29)26-20-7-3-6-17(23)13-20/h2-13H,1H3,(H,24,27)(H,25,28)(H,26,29). The fourth-order valence-electron chi connectivity index (χ4n) is 2.61. The smallest absolute Gasteiger partial charge is 0.255 e. The molecule has 7 heteroatoms. The van der Waals surface area contributed by atoms with E-state index in [0.29, 0.717) is 22.6 Å². The summed E-state index contributed by atoms with van der Waals surface area (Å²) in [4.78, 5) is 35.9. The van der Waals surface area contributed by atoms with Gasteiger partial charge in [0, 0.05) is 35.1 Å². The highest BCUT2D eigenvalue weighted by Crippen LogP contribution is 2.16. The van der Waals surface area contributed by atoms with Crippen molar-refractivity contribution in [2.24, 2.45) is 0 Å². The Balaban J connectivity index is 1.68. The molecule has 0 unspecified atom stereocenters. The van der Waals surface area contributed by atoms with Crippen LogP contribution >= 0.6 is 0 Å². The van der Waals surface area contributed by atoms with E-state index >= 15 is 0 Å². The molecule has 3 aromatic rings. The third-order valence-corrected chi connectivity index (χ3v) is 3.93. The summed E-state index contributed by atoms with van der Waals surface area (Å²) in [5.41, 5.74) is 2.04. The van der Waals surface area contributed by atoms with Crippen LogP contribution in [0.15, 0.2) is 72.8 Å². The highest BCUT2D eigenvalue weighted by Gasteiger charge is 2.11. The Bertz CT molecular complexity index is 1060. The van der Waals surface area contributed by atoms with Gasteiger partial charge >= 0.3 is 0 Å². The predicted molar refractivity (Wildman–Crippen MR) is 109 cm³/mol. The van der Waals surface area contributed by atoms with Crippen molar-refractivity contribution >= 4 is 34.8 Å². The molecular weight excluding hydrogens is 373 g/mol. The first-order valence-corrected chi connectivity index (χ1v) is 8.77. The number of benzene rings is 3. The SMILES string of the molecule is CC(=O)Nc1ccc(NC(=O)c2cccc(C(=O)Nc3cccc(F)c3)c2)cc1. The molecule has 0 radical (unpaired) electrons. The van der Waals surface area contributed by atoms with E-state index in [-0.39, 0.29) is 11.5 Å². The number of nitrogens with one attached hydrogen (secondary N) is 3. The minimum atomic E-state index is -0.458. The number of carbonyl (C=O) groups excluding carboxylic acids is 3. The molecule has 0 saturated carbocycles. The Morgan fingerprint density at radius 3 is 1.72 bits per heavy atom. The first-order valence-electron chi connectivity index (χ1n) is 8.77. The molecule has 0 aliphatic carbocycles. The number of carbonyl (C=O) groups is 3. The quantitative estimate of drug-likeness (QED) is 0.606. The van der Waals surface area contributed by atoms with Gasteiger partial charge in [-0.1, -0.05) is 12.1 Å². The molecule has 29 heavy (non-hydrogen) atoms. The van der Waals surface area contributed by atoms with Crippen LogP contribution < -0.4 is 16.0 Å². The van der Waals surface area contributed by atoms with Crippen LogP contribution in [0.25, 0.3) is 0 Å². The second kappa shape index (κ2) is 8.79. The van der Waals surface area contributed by atoms with Crippen LogP contribution in [0.1, 0.15) is 27.6 Å². The first kappa shape index (κ1) is 19.8. The zero-order chi connectivity index (χ0) is 20.8. The van der Waals surface area contributed by atoms with Gasteiger partial charge in [0.25, 0.3) is 11.8 Å². The maximum absolute atomic E-state index is 13.3. The normalized spacial score (nSPS) is 10.1. The third kappa shape index (κ3) is 5.49. The maximum Gasteiger partial charge on any atom is 0.255 e. The van der Waals surface area contributed by atoms with Gasteiger partial charge in [-0.05, 0) is 60.7 Å². The van der Waals surface area contributed by atoms with Crippen molar-refractivity contribution in [1.29, 1.82) is 0 Å². The lowest BCUT2D eigenvalue weighted by molar-refractivity contribution is -0.114. The van der Waals surface area contributed by atoms with E-state index in [0.717, 1.165) is 0 Å². The molecule has 0 aromatic heterocycles. The van der Waals surface area contributed by atoms with E-state index in [4.69, 9.17) is 0 Å². The predicted octanol–water partition coefficient (Wildman–Crippen LogP) is 4.29. The molecule has 0 fully saturated rings. The minimum absolute atomic E-state index is 0.185. The van der Waals surface area contributed by atoms with Crippen molar-refractivity contribution in [3.63, 3.8) is 0 Å². The fraction of sp³-hybridized carbons (Fsp3) is 0.0455. The summed E-state index contributed by atoms with van der Waals surface area (Å²) in [5.74, 6) is -1.49. The molecule has 0 atom stereocenters. The second-order valence-corrected chi connectivity index (χ2v) is 6.26.